The van der Waals surface area contributed by atoms with E-state index >= 15 is 4.39 Å². The van der Waals surface area contributed by atoms with Gasteiger partial charge in [-0.15, -0.1) is 10.1 Å². The van der Waals surface area contributed by atoms with Gasteiger partial charge >= 0.3 is 5.97 Å². The van der Waals surface area contributed by atoms with Crippen LogP contribution in [0.15, 0.2) is 23.8 Å². The van der Waals surface area contributed by atoms with E-state index in [0.717, 1.165) is 6.92 Å². The minimum Gasteiger partial charge on any atom is -0.458 e. The maximum absolute atomic E-state index is 17.4. The number of rotatable bonds is 5. The molecule has 4 aliphatic carbocycles. The molecular weight excluding hydrogens is 453 g/mol. The van der Waals surface area contributed by atoms with Crippen LogP contribution in [0.4, 0.5) is 4.39 Å². The summed E-state index contributed by atoms with van der Waals surface area (Å²) >= 11 is 0. The summed E-state index contributed by atoms with van der Waals surface area (Å²) in [6.45, 7) is 3.34. The molecule has 0 radical (unpaired) electrons. The third-order valence-corrected chi connectivity index (χ3v) is 8.88. The van der Waals surface area contributed by atoms with Crippen LogP contribution in [0.25, 0.3) is 0 Å². The molecule has 4 rings (SSSR count). The van der Waals surface area contributed by atoms with Crippen molar-refractivity contribution in [3.8, 4) is 0 Å². The van der Waals surface area contributed by atoms with Gasteiger partial charge in [0.2, 0.25) is 5.78 Å². The minimum atomic E-state index is -2.43. The second-order valence-electron chi connectivity index (χ2n) is 10.3. The summed E-state index contributed by atoms with van der Waals surface area (Å²) < 4.78 is 22.1. The number of ether oxygens (including phenoxy) is 1. The molecule has 0 heterocycles. The Morgan fingerprint density at radius 1 is 1.32 bits per heavy atom. The molecular formula is C23H28FNO9. The lowest BCUT2D eigenvalue weighted by Crippen LogP contribution is -2.70. The molecule has 0 aromatic carbocycles. The normalized spacial score (nSPS) is 44.9. The van der Waals surface area contributed by atoms with Gasteiger partial charge in [-0.1, -0.05) is 18.6 Å². The number of Topliss-reactive ketones (excluding diaryl/α,β-unsaturated/α-hetero) is 1. The van der Waals surface area contributed by atoms with Crippen molar-refractivity contribution in [3.05, 3.63) is 33.9 Å². The van der Waals surface area contributed by atoms with Gasteiger partial charge in [-0.3, -0.25) is 14.4 Å². The van der Waals surface area contributed by atoms with Crippen LogP contribution in [-0.2, 0) is 24.0 Å². The molecule has 2 N–H and O–H groups in total. The number of aliphatic hydroxyl groups is 2. The summed E-state index contributed by atoms with van der Waals surface area (Å²) in [4.78, 5) is 52.5. The Balaban J connectivity index is 1.83. The Morgan fingerprint density at radius 2 is 2.00 bits per heavy atom. The third-order valence-electron chi connectivity index (χ3n) is 8.88. The van der Waals surface area contributed by atoms with Crippen LogP contribution in [0.2, 0.25) is 0 Å². The van der Waals surface area contributed by atoms with E-state index < -0.39 is 76.0 Å². The van der Waals surface area contributed by atoms with Crippen LogP contribution in [0.5, 0.6) is 0 Å². The van der Waals surface area contributed by atoms with Crippen LogP contribution in [0, 0.1) is 32.8 Å². The Bertz CT molecular complexity index is 1030. The summed E-state index contributed by atoms with van der Waals surface area (Å²) in [5.41, 5.74) is -7.17. The molecule has 0 aliphatic heterocycles. The van der Waals surface area contributed by atoms with E-state index in [9.17, 15) is 34.7 Å². The van der Waals surface area contributed by atoms with E-state index in [4.69, 9.17) is 9.57 Å². The van der Waals surface area contributed by atoms with Gasteiger partial charge in [0.25, 0.3) is 5.09 Å². The molecule has 34 heavy (non-hydrogen) atoms. The number of alkyl halides is 1. The molecule has 186 valence electrons. The lowest BCUT2D eigenvalue weighted by atomic mass is 9.44. The molecule has 0 bridgehead atoms. The van der Waals surface area contributed by atoms with Crippen molar-refractivity contribution in [1.82, 2.24) is 0 Å². The number of nitrogens with zero attached hydrogens (tertiary/aromatic N) is 1. The summed E-state index contributed by atoms with van der Waals surface area (Å²) in [6.07, 6.45) is 0.626. The average Bonchev–Trinajstić information content (AvgIpc) is 2.94. The Hall–Kier alpha value is -2.66. The van der Waals surface area contributed by atoms with Crippen LogP contribution in [-0.4, -0.2) is 62.9 Å². The highest BCUT2D eigenvalue weighted by atomic mass is 19.1. The Labute approximate surface area is 194 Å². The number of carbonyl (C=O) groups excluding carboxylic acids is 3. The van der Waals surface area contributed by atoms with Crippen LogP contribution < -0.4 is 0 Å². The van der Waals surface area contributed by atoms with E-state index in [-0.39, 0.29) is 18.6 Å². The molecule has 11 heteroatoms. The second-order valence-corrected chi connectivity index (χ2v) is 10.3. The molecule has 0 aromatic rings. The van der Waals surface area contributed by atoms with Crippen molar-refractivity contribution >= 4 is 17.5 Å². The average molecular weight is 481 g/mol. The Morgan fingerprint density at radius 3 is 2.62 bits per heavy atom. The van der Waals surface area contributed by atoms with E-state index in [2.05, 4.69) is 0 Å². The first-order valence-corrected chi connectivity index (χ1v) is 11.2. The molecule has 8 atom stereocenters. The SMILES string of the molecule is CC(=O)OCC(=O)[C@@]1(O)[C@H](O)C[C@H]2[C@@H]3CCC4=CC(=O)C=C[C@]4(C)C3(F)[C@@H](O[N+](=O)[O-])C[C@@]21C. The standard InChI is InChI=1S/C23H28FNO9/c1-12(26)33-11-18(29)23(30)17(28)9-16-15-5-4-13-8-14(27)6-7-20(13,2)22(15,24)19(34-25(31)32)10-21(16,23)3/h6-8,15-17,19,28,30H,4-5,9-11H2,1-3H3/t15-,16-,17+,19-,20-,21-,22?,23-/m0/s1. The molecule has 4 aliphatic rings. The van der Waals surface area contributed by atoms with Gasteiger partial charge in [0.15, 0.2) is 23.7 Å². The predicted octanol–water partition coefficient (Wildman–Crippen LogP) is 1.41. The van der Waals surface area contributed by atoms with E-state index in [1.165, 1.54) is 25.2 Å². The van der Waals surface area contributed by atoms with Gasteiger partial charge < -0.3 is 19.8 Å². The Kier molecular flexibility index (Phi) is 5.52. The molecule has 0 amide bonds. The van der Waals surface area contributed by atoms with Gasteiger partial charge in [-0.05, 0) is 50.7 Å². The predicted molar refractivity (Wildman–Crippen MR) is 112 cm³/mol. The zero-order valence-corrected chi connectivity index (χ0v) is 19.2. The van der Waals surface area contributed by atoms with Crippen LogP contribution in [0.1, 0.15) is 46.5 Å². The number of fused-ring (bicyclic) bond motifs is 5. The van der Waals surface area contributed by atoms with E-state index in [1.54, 1.807) is 6.92 Å². The number of aliphatic hydroxyl groups excluding tert-OH is 1. The molecule has 3 fully saturated rings. The number of ketones is 2. The number of halogens is 1. The summed E-state index contributed by atoms with van der Waals surface area (Å²) in [7, 11) is 0. The minimum absolute atomic E-state index is 0.127. The lowest BCUT2D eigenvalue weighted by molar-refractivity contribution is -0.775. The number of hydrogen-bond acceptors (Lipinski definition) is 9. The van der Waals surface area contributed by atoms with Crippen molar-refractivity contribution in [3.63, 3.8) is 0 Å². The van der Waals surface area contributed by atoms with Crippen molar-refractivity contribution < 1.29 is 43.6 Å². The monoisotopic (exact) mass is 481 g/mol. The van der Waals surface area contributed by atoms with E-state index in [1.807, 2.05) is 0 Å². The molecule has 0 aromatic heterocycles. The van der Waals surface area contributed by atoms with Crippen molar-refractivity contribution in [2.45, 2.75) is 69.9 Å². The zero-order chi connectivity index (χ0) is 25.3. The fraction of sp³-hybridized carbons (Fsp3) is 0.696. The highest BCUT2D eigenvalue weighted by Crippen LogP contribution is 2.70. The second kappa shape index (κ2) is 7.67. The smallest absolute Gasteiger partial charge is 0.303 e. The fourth-order valence-corrected chi connectivity index (χ4v) is 7.19. The van der Waals surface area contributed by atoms with Crippen LogP contribution >= 0.6 is 0 Å². The summed E-state index contributed by atoms with van der Waals surface area (Å²) in [6, 6.07) is 0. The molecule has 1 unspecified atom stereocenters. The molecule has 10 nitrogen and oxygen atoms in total. The van der Waals surface area contributed by atoms with E-state index in [0.29, 0.717) is 12.0 Å². The van der Waals surface area contributed by atoms with Gasteiger partial charge in [-0.25, -0.2) is 4.39 Å². The molecule has 3 saturated carbocycles. The van der Waals surface area contributed by atoms with Gasteiger partial charge in [0.1, 0.15) is 6.10 Å². The number of hydrogen-bond donors (Lipinski definition) is 2. The highest BCUT2D eigenvalue weighted by Gasteiger charge is 2.77. The zero-order valence-electron chi connectivity index (χ0n) is 19.2. The third kappa shape index (κ3) is 3.02. The summed E-state index contributed by atoms with van der Waals surface area (Å²) in [5, 5.41) is 32.7. The van der Waals surface area contributed by atoms with Gasteiger partial charge in [0, 0.05) is 23.7 Å². The first-order chi connectivity index (χ1) is 15.7. The largest absolute Gasteiger partial charge is 0.458 e. The molecule has 0 saturated heterocycles. The number of carbonyl (C=O) groups is 3. The highest BCUT2D eigenvalue weighted by molar-refractivity contribution is 6.01. The van der Waals surface area contributed by atoms with Crippen molar-refractivity contribution in [2.75, 3.05) is 6.61 Å². The topological polar surface area (TPSA) is 153 Å². The first kappa shape index (κ1) is 24.5. The van der Waals surface area contributed by atoms with Crippen LogP contribution in [0.3, 0.4) is 0 Å². The number of allylic oxidation sites excluding steroid dienone is 4. The van der Waals surface area contributed by atoms with Gasteiger partial charge in [-0.2, -0.15) is 0 Å². The lowest BCUT2D eigenvalue weighted by Gasteiger charge is -2.62. The van der Waals surface area contributed by atoms with Crippen molar-refractivity contribution in [1.29, 1.82) is 0 Å². The summed E-state index contributed by atoms with van der Waals surface area (Å²) in [5.74, 6) is -3.69. The van der Waals surface area contributed by atoms with Gasteiger partial charge in [0.05, 0.1) is 6.10 Å². The molecule has 0 spiro atoms. The first-order valence-electron chi connectivity index (χ1n) is 11.2. The quantitative estimate of drug-likeness (QED) is 0.337. The maximum Gasteiger partial charge on any atom is 0.303 e. The van der Waals surface area contributed by atoms with Crippen molar-refractivity contribution in [2.24, 2.45) is 22.7 Å². The maximum atomic E-state index is 17.4. The fourth-order valence-electron chi connectivity index (χ4n) is 7.19. The number of esters is 1.